The molecule has 1 unspecified atom stereocenters. The van der Waals surface area contributed by atoms with Crippen molar-refractivity contribution < 1.29 is 0 Å². The van der Waals surface area contributed by atoms with E-state index in [1.54, 1.807) is 0 Å². The Bertz CT molecular complexity index is 340. The molecule has 4 heteroatoms. The summed E-state index contributed by atoms with van der Waals surface area (Å²) in [5.74, 6) is 0. The molecule has 1 aliphatic rings. The van der Waals surface area contributed by atoms with E-state index in [4.69, 9.17) is 0 Å². The third-order valence-electron chi connectivity index (χ3n) is 3.32. The molecule has 1 atom stereocenters. The molecular weight excluding hydrogens is 344 g/mol. The van der Waals surface area contributed by atoms with Gasteiger partial charge < -0.3 is 0 Å². The summed E-state index contributed by atoms with van der Waals surface area (Å²) in [6, 6.07) is 4.95. The maximum Gasteiger partial charge on any atom is 0.0544 e. The molecule has 0 saturated carbocycles. The van der Waals surface area contributed by atoms with Gasteiger partial charge in [0.1, 0.15) is 0 Å². The zero-order valence-electron chi connectivity index (χ0n) is 9.91. The third kappa shape index (κ3) is 4.04. The van der Waals surface area contributed by atoms with Crippen LogP contribution in [0, 0.1) is 0 Å². The summed E-state index contributed by atoms with van der Waals surface area (Å²) in [6.07, 6.45) is 7.16. The lowest BCUT2D eigenvalue weighted by Crippen LogP contribution is -2.29. The van der Waals surface area contributed by atoms with Crippen LogP contribution in [0.5, 0.6) is 0 Å². The van der Waals surface area contributed by atoms with Gasteiger partial charge in [-0.25, -0.2) is 0 Å². The Labute approximate surface area is 120 Å². The fraction of sp³-hybridized carbons (Fsp3) is 0.615. The van der Waals surface area contributed by atoms with E-state index >= 15 is 0 Å². The van der Waals surface area contributed by atoms with Crippen LogP contribution in [0.25, 0.3) is 0 Å². The molecule has 1 aromatic rings. The van der Waals surface area contributed by atoms with Gasteiger partial charge in [-0.1, -0.05) is 15.9 Å². The van der Waals surface area contributed by atoms with Gasteiger partial charge in [-0.15, -0.1) is 0 Å². The standard InChI is InChI=1S/C13H18Br2N2/c14-7-1-3-13-4-2-8-17(13)10-12-6-5-11(15)9-16-12/h5-6,9,13H,1-4,7-8,10H2. The zero-order chi connectivity index (χ0) is 12.1. The van der Waals surface area contributed by atoms with Crippen molar-refractivity contribution in [2.45, 2.75) is 38.3 Å². The maximum atomic E-state index is 4.46. The van der Waals surface area contributed by atoms with Gasteiger partial charge >= 0.3 is 0 Å². The average molecular weight is 362 g/mol. The van der Waals surface area contributed by atoms with Crippen LogP contribution >= 0.6 is 31.9 Å². The minimum atomic E-state index is 0.762. The number of hydrogen-bond donors (Lipinski definition) is 0. The predicted octanol–water partition coefficient (Wildman–Crippen LogP) is 3.98. The summed E-state index contributed by atoms with van der Waals surface area (Å²) in [5.41, 5.74) is 1.18. The predicted molar refractivity (Wildman–Crippen MR) is 78.4 cm³/mol. The zero-order valence-corrected chi connectivity index (χ0v) is 13.1. The molecule has 0 N–H and O–H groups in total. The molecule has 17 heavy (non-hydrogen) atoms. The van der Waals surface area contributed by atoms with Gasteiger partial charge in [0.2, 0.25) is 0 Å². The van der Waals surface area contributed by atoms with Gasteiger partial charge in [0, 0.05) is 28.6 Å². The number of nitrogens with zero attached hydrogens (tertiary/aromatic N) is 2. The molecule has 0 aliphatic carbocycles. The second-order valence-corrected chi connectivity index (χ2v) is 6.27. The highest BCUT2D eigenvalue weighted by molar-refractivity contribution is 9.10. The SMILES string of the molecule is BrCCCC1CCCN1Cc1ccc(Br)cn1. The second-order valence-electron chi connectivity index (χ2n) is 4.57. The molecule has 1 aliphatic heterocycles. The number of halogens is 2. The van der Waals surface area contributed by atoms with Gasteiger partial charge in [0.05, 0.1) is 5.69 Å². The van der Waals surface area contributed by atoms with Crippen LogP contribution in [0.1, 0.15) is 31.4 Å². The minimum Gasteiger partial charge on any atom is -0.295 e. The van der Waals surface area contributed by atoms with Crippen LogP contribution in [0.4, 0.5) is 0 Å². The second kappa shape index (κ2) is 6.86. The lowest BCUT2D eigenvalue weighted by Gasteiger charge is -2.23. The normalized spacial score (nSPS) is 20.9. The van der Waals surface area contributed by atoms with Gasteiger partial charge in [0.15, 0.2) is 0 Å². The van der Waals surface area contributed by atoms with Crippen molar-refractivity contribution in [1.29, 1.82) is 0 Å². The quantitative estimate of drug-likeness (QED) is 0.737. The highest BCUT2D eigenvalue weighted by Crippen LogP contribution is 2.23. The van der Waals surface area contributed by atoms with E-state index in [0.29, 0.717) is 0 Å². The number of pyridine rings is 1. The van der Waals surface area contributed by atoms with Crippen molar-refractivity contribution in [3.8, 4) is 0 Å². The summed E-state index contributed by atoms with van der Waals surface area (Å²) < 4.78 is 1.05. The highest BCUT2D eigenvalue weighted by Gasteiger charge is 2.23. The Morgan fingerprint density at radius 2 is 2.29 bits per heavy atom. The maximum absolute atomic E-state index is 4.46. The van der Waals surface area contributed by atoms with Gasteiger partial charge in [-0.3, -0.25) is 9.88 Å². The van der Waals surface area contributed by atoms with Crippen LogP contribution in [0.15, 0.2) is 22.8 Å². The van der Waals surface area contributed by atoms with E-state index in [0.717, 1.165) is 22.4 Å². The molecule has 1 fully saturated rings. The van der Waals surface area contributed by atoms with Crippen molar-refractivity contribution in [3.05, 3.63) is 28.5 Å². The Morgan fingerprint density at radius 1 is 1.41 bits per heavy atom. The Morgan fingerprint density at radius 3 is 3.00 bits per heavy atom. The van der Waals surface area contributed by atoms with E-state index in [2.05, 4.69) is 53.9 Å². The summed E-state index contributed by atoms with van der Waals surface area (Å²) in [6.45, 7) is 2.23. The van der Waals surface area contributed by atoms with E-state index in [1.165, 1.54) is 37.9 Å². The topological polar surface area (TPSA) is 16.1 Å². The Balaban J connectivity index is 1.90. The summed E-state index contributed by atoms with van der Waals surface area (Å²) in [7, 11) is 0. The number of alkyl halides is 1. The first-order valence-electron chi connectivity index (χ1n) is 6.20. The van der Waals surface area contributed by atoms with Crippen LogP contribution in [-0.2, 0) is 6.54 Å². The first-order chi connectivity index (χ1) is 8.29. The number of likely N-dealkylation sites (tertiary alicyclic amines) is 1. The fourth-order valence-corrected chi connectivity index (χ4v) is 3.01. The molecule has 2 heterocycles. The molecule has 0 bridgehead atoms. The van der Waals surface area contributed by atoms with Crippen LogP contribution in [0.3, 0.4) is 0 Å². The summed E-state index contributed by atoms with van der Waals surface area (Å²) >= 11 is 6.94. The number of rotatable bonds is 5. The molecule has 0 spiro atoms. The van der Waals surface area contributed by atoms with Gasteiger partial charge in [-0.05, 0) is 60.3 Å². The fourth-order valence-electron chi connectivity index (χ4n) is 2.45. The van der Waals surface area contributed by atoms with Gasteiger partial charge in [-0.2, -0.15) is 0 Å². The Kier molecular flexibility index (Phi) is 5.45. The molecule has 2 nitrogen and oxygen atoms in total. The number of aromatic nitrogens is 1. The molecule has 0 amide bonds. The molecule has 1 saturated heterocycles. The lowest BCUT2D eigenvalue weighted by atomic mass is 10.1. The van der Waals surface area contributed by atoms with Crippen molar-refractivity contribution in [1.82, 2.24) is 9.88 Å². The van der Waals surface area contributed by atoms with Crippen LogP contribution in [0.2, 0.25) is 0 Å². The first-order valence-corrected chi connectivity index (χ1v) is 8.11. The minimum absolute atomic E-state index is 0.762. The molecule has 0 aromatic carbocycles. The van der Waals surface area contributed by atoms with E-state index in [1.807, 2.05) is 6.20 Å². The monoisotopic (exact) mass is 360 g/mol. The van der Waals surface area contributed by atoms with E-state index in [-0.39, 0.29) is 0 Å². The lowest BCUT2D eigenvalue weighted by molar-refractivity contribution is 0.231. The van der Waals surface area contributed by atoms with E-state index in [9.17, 15) is 0 Å². The molecule has 2 rings (SSSR count). The van der Waals surface area contributed by atoms with Gasteiger partial charge in [0.25, 0.3) is 0 Å². The summed E-state index contributed by atoms with van der Waals surface area (Å²) in [5, 5.41) is 1.12. The highest BCUT2D eigenvalue weighted by atomic mass is 79.9. The third-order valence-corrected chi connectivity index (χ3v) is 4.35. The molecule has 94 valence electrons. The van der Waals surface area contributed by atoms with Crippen molar-refractivity contribution in [3.63, 3.8) is 0 Å². The smallest absolute Gasteiger partial charge is 0.0544 e. The molecule has 1 aromatic heterocycles. The summed E-state index contributed by atoms with van der Waals surface area (Å²) in [4.78, 5) is 7.04. The molecule has 0 radical (unpaired) electrons. The average Bonchev–Trinajstić information content (AvgIpc) is 2.77. The van der Waals surface area contributed by atoms with E-state index < -0.39 is 0 Å². The van der Waals surface area contributed by atoms with Crippen molar-refractivity contribution in [2.24, 2.45) is 0 Å². The molecular formula is C13H18Br2N2. The first kappa shape index (κ1) is 13.5. The van der Waals surface area contributed by atoms with Crippen LogP contribution in [-0.4, -0.2) is 27.8 Å². The number of hydrogen-bond acceptors (Lipinski definition) is 2. The largest absolute Gasteiger partial charge is 0.295 e. The Hall–Kier alpha value is 0.0700. The van der Waals surface area contributed by atoms with Crippen LogP contribution < -0.4 is 0 Å². The van der Waals surface area contributed by atoms with Crippen molar-refractivity contribution in [2.75, 3.05) is 11.9 Å². The van der Waals surface area contributed by atoms with Crippen molar-refractivity contribution >= 4 is 31.9 Å².